The van der Waals surface area contributed by atoms with Crippen molar-refractivity contribution in [2.75, 3.05) is 32.7 Å². The minimum Gasteiger partial charge on any atom is -0.370 e. The van der Waals surface area contributed by atoms with Gasteiger partial charge in [0.2, 0.25) is 5.91 Å². The van der Waals surface area contributed by atoms with Crippen LogP contribution < -0.4 is 16.4 Å². The summed E-state index contributed by atoms with van der Waals surface area (Å²) in [5.41, 5.74) is 5.90. The molecule has 2 aliphatic rings. The number of aliphatic imine (C=N–C) groups is 1. The van der Waals surface area contributed by atoms with E-state index in [-0.39, 0.29) is 5.91 Å². The number of guanidine groups is 1. The van der Waals surface area contributed by atoms with E-state index in [1.807, 2.05) is 0 Å². The van der Waals surface area contributed by atoms with Crippen LogP contribution in [0.4, 0.5) is 0 Å². The summed E-state index contributed by atoms with van der Waals surface area (Å²) < 4.78 is 0. The number of nitrogens with one attached hydrogen (secondary N) is 2. The maximum absolute atomic E-state index is 11.8. The second-order valence-corrected chi connectivity index (χ2v) is 6.78. The Morgan fingerprint density at radius 2 is 1.91 bits per heavy atom. The van der Waals surface area contributed by atoms with Crippen molar-refractivity contribution < 1.29 is 4.79 Å². The molecule has 1 unspecified atom stereocenters. The molecule has 132 valence electrons. The first-order valence-corrected chi connectivity index (χ1v) is 9.23. The first-order valence-electron chi connectivity index (χ1n) is 9.23. The first kappa shape index (κ1) is 18.0. The molecule has 0 aromatic carbocycles. The molecule has 1 amide bonds. The van der Waals surface area contributed by atoms with Crippen molar-refractivity contribution in [3.05, 3.63) is 0 Å². The van der Waals surface area contributed by atoms with Gasteiger partial charge in [-0.25, -0.2) is 0 Å². The highest BCUT2D eigenvalue weighted by atomic mass is 16.1. The highest BCUT2D eigenvalue weighted by Gasteiger charge is 2.22. The summed E-state index contributed by atoms with van der Waals surface area (Å²) in [4.78, 5) is 18.7. The van der Waals surface area contributed by atoms with E-state index in [4.69, 9.17) is 5.73 Å². The van der Waals surface area contributed by atoms with Crippen molar-refractivity contribution in [2.45, 2.75) is 57.9 Å². The number of hydrogen-bond donors (Lipinski definition) is 3. The molecular weight excluding hydrogens is 290 g/mol. The van der Waals surface area contributed by atoms with Gasteiger partial charge in [-0.2, -0.15) is 0 Å². The van der Waals surface area contributed by atoms with Gasteiger partial charge in [0.1, 0.15) is 0 Å². The molecule has 1 saturated carbocycles. The Kier molecular flexibility index (Phi) is 7.65. The molecule has 1 aliphatic carbocycles. The van der Waals surface area contributed by atoms with Crippen LogP contribution in [-0.2, 0) is 4.79 Å². The Morgan fingerprint density at radius 1 is 1.17 bits per heavy atom. The number of carbonyl (C=O) groups is 1. The third-order valence-corrected chi connectivity index (χ3v) is 5.08. The number of nitrogens with two attached hydrogens (primary N) is 1. The highest BCUT2D eigenvalue weighted by molar-refractivity contribution is 5.78. The standard InChI is InChI=1S/C17H33N5O/c1-2-22-11-5-8-15(22)13-21-17(18)20-10-9-19-16(23)12-14-6-3-4-7-14/h14-15H,2-13H2,1H3,(H,19,23)(H3,18,20,21). The summed E-state index contributed by atoms with van der Waals surface area (Å²) in [5.74, 6) is 1.25. The van der Waals surface area contributed by atoms with Crippen LogP contribution >= 0.6 is 0 Å². The van der Waals surface area contributed by atoms with Crippen molar-refractivity contribution in [3.8, 4) is 0 Å². The van der Waals surface area contributed by atoms with Gasteiger partial charge in [0.25, 0.3) is 0 Å². The van der Waals surface area contributed by atoms with Crippen LogP contribution in [0.5, 0.6) is 0 Å². The van der Waals surface area contributed by atoms with E-state index in [0.717, 1.165) is 13.1 Å². The van der Waals surface area contributed by atoms with E-state index in [1.54, 1.807) is 0 Å². The second kappa shape index (κ2) is 9.75. The molecule has 1 atom stereocenters. The minimum absolute atomic E-state index is 0.166. The third-order valence-electron chi connectivity index (χ3n) is 5.08. The van der Waals surface area contributed by atoms with E-state index in [0.29, 0.717) is 37.4 Å². The van der Waals surface area contributed by atoms with Crippen molar-refractivity contribution in [3.63, 3.8) is 0 Å². The van der Waals surface area contributed by atoms with E-state index < -0.39 is 0 Å². The Bertz CT molecular complexity index is 392. The number of hydrogen-bond acceptors (Lipinski definition) is 3. The van der Waals surface area contributed by atoms with Gasteiger partial charge >= 0.3 is 0 Å². The summed E-state index contributed by atoms with van der Waals surface area (Å²) in [6.45, 7) is 6.45. The minimum atomic E-state index is 0.166. The van der Waals surface area contributed by atoms with Gasteiger partial charge in [-0.1, -0.05) is 19.8 Å². The Labute approximate surface area is 140 Å². The van der Waals surface area contributed by atoms with Gasteiger partial charge < -0.3 is 16.4 Å². The number of amides is 1. The number of likely N-dealkylation sites (N-methyl/N-ethyl adjacent to an activating group) is 1. The van der Waals surface area contributed by atoms with Crippen LogP contribution in [0.15, 0.2) is 4.99 Å². The van der Waals surface area contributed by atoms with Gasteiger partial charge in [-0.15, -0.1) is 0 Å². The maximum Gasteiger partial charge on any atom is 0.220 e. The topological polar surface area (TPSA) is 82.8 Å². The van der Waals surface area contributed by atoms with Crippen LogP contribution in [0.1, 0.15) is 51.9 Å². The summed E-state index contributed by atoms with van der Waals surface area (Å²) in [6, 6.07) is 0.534. The zero-order chi connectivity index (χ0) is 16.5. The molecule has 6 heteroatoms. The van der Waals surface area contributed by atoms with Gasteiger partial charge in [-0.05, 0) is 44.7 Å². The molecule has 1 aliphatic heterocycles. The van der Waals surface area contributed by atoms with Crippen LogP contribution in [0.25, 0.3) is 0 Å². The number of carbonyl (C=O) groups excluding carboxylic acids is 1. The first-order chi connectivity index (χ1) is 11.2. The fraction of sp³-hybridized carbons (Fsp3) is 0.882. The van der Waals surface area contributed by atoms with E-state index in [9.17, 15) is 4.79 Å². The predicted molar refractivity (Wildman–Crippen MR) is 94.3 cm³/mol. The van der Waals surface area contributed by atoms with Gasteiger partial charge in [0.05, 0.1) is 6.54 Å². The quantitative estimate of drug-likeness (QED) is 0.354. The van der Waals surface area contributed by atoms with Crippen LogP contribution in [-0.4, -0.2) is 55.5 Å². The lowest BCUT2D eigenvalue weighted by Crippen LogP contribution is -2.39. The van der Waals surface area contributed by atoms with Gasteiger partial charge in [-0.3, -0.25) is 14.7 Å². The lowest BCUT2D eigenvalue weighted by molar-refractivity contribution is -0.121. The summed E-state index contributed by atoms with van der Waals surface area (Å²) in [5, 5.41) is 6.04. The lowest BCUT2D eigenvalue weighted by Gasteiger charge is -2.21. The van der Waals surface area contributed by atoms with Crippen molar-refractivity contribution in [1.82, 2.24) is 15.5 Å². The SMILES string of the molecule is CCN1CCCC1CN=C(N)NCCNC(=O)CC1CCCC1. The average Bonchev–Trinajstić information content (AvgIpc) is 3.20. The third kappa shape index (κ3) is 6.37. The fourth-order valence-electron chi connectivity index (χ4n) is 3.72. The Morgan fingerprint density at radius 3 is 2.65 bits per heavy atom. The average molecular weight is 323 g/mol. The fourth-order valence-corrected chi connectivity index (χ4v) is 3.72. The summed E-state index contributed by atoms with van der Waals surface area (Å²) >= 11 is 0. The largest absolute Gasteiger partial charge is 0.370 e. The molecule has 1 heterocycles. The lowest BCUT2D eigenvalue weighted by atomic mass is 10.0. The predicted octanol–water partition coefficient (Wildman–Crippen LogP) is 1.07. The van der Waals surface area contributed by atoms with Crippen molar-refractivity contribution >= 4 is 11.9 Å². The number of rotatable bonds is 8. The molecule has 1 saturated heterocycles. The molecule has 4 N–H and O–H groups in total. The molecule has 0 spiro atoms. The molecule has 0 bridgehead atoms. The molecule has 2 rings (SSSR count). The van der Waals surface area contributed by atoms with E-state index in [1.165, 1.54) is 45.1 Å². The number of nitrogens with zero attached hydrogens (tertiary/aromatic N) is 2. The van der Waals surface area contributed by atoms with Crippen LogP contribution in [0, 0.1) is 5.92 Å². The summed E-state index contributed by atoms with van der Waals surface area (Å²) in [6.07, 6.45) is 8.13. The van der Waals surface area contributed by atoms with Crippen LogP contribution in [0.3, 0.4) is 0 Å². The second-order valence-electron chi connectivity index (χ2n) is 6.78. The zero-order valence-corrected chi connectivity index (χ0v) is 14.5. The molecule has 6 nitrogen and oxygen atoms in total. The van der Waals surface area contributed by atoms with Crippen molar-refractivity contribution in [1.29, 1.82) is 0 Å². The molecule has 0 radical (unpaired) electrons. The van der Waals surface area contributed by atoms with Crippen LogP contribution in [0.2, 0.25) is 0 Å². The monoisotopic (exact) mass is 323 g/mol. The maximum atomic E-state index is 11.8. The molecular formula is C17H33N5O. The normalized spacial score (nSPS) is 23.3. The van der Waals surface area contributed by atoms with Gasteiger partial charge in [0.15, 0.2) is 5.96 Å². The number of likely N-dealkylation sites (tertiary alicyclic amines) is 1. The summed E-state index contributed by atoms with van der Waals surface area (Å²) in [7, 11) is 0. The zero-order valence-electron chi connectivity index (χ0n) is 14.5. The van der Waals surface area contributed by atoms with Gasteiger partial charge in [0, 0.05) is 25.6 Å². The van der Waals surface area contributed by atoms with E-state index >= 15 is 0 Å². The Balaban J connectivity index is 1.54. The molecule has 2 fully saturated rings. The molecule has 0 aromatic heterocycles. The van der Waals surface area contributed by atoms with E-state index in [2.05, 4.69) is 27.4 Å². The molecule has 23 heavy (non-hydrogen) atoms. The Hall–Kier alpha value is -1.30. The highest BCUT2D eigenvalue weighted by Crippen LogP contribution is 2.27. The van der Waals surface area contributed by atoms with Crippen molar-refractivity contribution in [2.24, 2.45) is 16.6 Å². The molecule has 0 aromatic rings. The smallest absolute Gasteiger partial charge is 0.220 e.